The van der Waals surface area contributed by atoms with Crippen LogP contribution in [0.1, 0.15) is 31.7 Å². The average molecular weight is 346 g/mol. The Morgan fingerprint density at radius 1 is 1.25 bits per heavy atom. The van der Waals surface area contributed by atoms with Gasteiger partial charge in [0.05, 0.1) is 6.61 Å². The van der Waals surface area contributed by atoms with E-state index in [1.807, 2.05) is 18.2 Å². The van der Waals surface area contributed by atoms with Crippen LogP contribution in [0.15, 0.2) is 35.7 Å². The summed E-state index contributed by atoms with van der Waals surface area (Å²) in [5.41, 5.74) is 3.13. The Morgan fingerprint density at radius 3 is 2.75 bits per heavy atom. The van der Waals surface area contributed by atoms with Crippen LogP contribution < -0.4 is 5.32 Å². The molecule has 0 saturated carbocycles. The van der Waals surface area contributed by atoms with Gasteiger partial charge in [0.2, 0.25) is 0 Å². The minimum absolute atomic E-state index is 0.0199. The average Bonchev–Trinajstić information content (AvgIpc) is 3.00. The minimum atomic E-state index is -0.153. The lowest BCUT2D eigenvalue weighted by atomic mass is 10.1. The number of urea groups is 1. The summed E-state index contributed by atoms with van der Waals surface area (Å²) in [5, 5.41) is 14.2. The van der Waals surface area contributed by atoms with Gasteiger partial charge < -0.3 is 15.3 Å². The lowest BCUT2D eigenvalue weighted by Crippen LogP contribution is -2.37. The van der Waals surface area contributed by atoms with Gasteiger partial charge in [0.25, 0.3) is 0 Å². The molecule has 2 rings (SSSR count). The number of hydrogen-bond donors (Lipinski definition) is 2. The molecule has 0 aliphatic heterocycles. The molecular weight excluding hydrogens is 320 g/mol. The quantitative estimate of drug-likeness (QED) is 0.678. The minimum Gasteiger partial charge on any atom is -0.395 e. The van der Waals surface area contributed by atoms with E-state index in [1.165, 1.54) is 10.4 Å². The molecule has 1 aromatic carbocycles. The number of amides is 2. The molecule has 0 atom stereocenters. The first-order valence-electron chi connectivity index (χ1n) is 8.47. The lowest BCUT2D eigenvalue weighted by molar-refractivity contribution is 0.187. The third-order valence-electron chi connectivity index (χ3n) is 3.93. The number of carbonyl (C=O) groups excluding carboxylic acids is 1. The molecule has 2 N–H and O–H groups in total. The Balaban J connectivity index is 2.06. The zero-order valence-electron chi connectivity index (χ0n) is 14.4. The number of rotatable bonds is 8. The third kappa shape index (κ3) is 5.08. The summed E-state index contributed by atoms with van der Waals surface area (Å²) in [5.74, 6) is 0. The van der Waals surface area contributed by atoms with Gasteiger partial charge in [-0.15, -0.1) is 11.3 Å². The van der Waals surface area contributed by atoms with Crippen LogP contribution in [0.3, 0.4) is 0 Å². The molecule has 0 spiro atoms. The van der Waals surface area contributed by atoms with Gasteiger partial charge in [-0.25, -0.2) is 4.79 Å². The molecule has 130 valence electrons. The topological polar surface area (TPSA) is 52.6 Å². The van der Waals surface area contributed by atoms with Crippen LogP contribution in [-0.4, -0.2) is 35.7 Å². The van der Waals surface area contributed by atoms with E-state index >= 15 is 0 Å². The third-order valence-corrected chi connectivity index (χ3v) is 4.99. The van der Waals surface area contributed by atoms with Crippen LogP contribution in [0.4, 0.5) is 10.5 Å². The molecule has 0 unspecified atom stereocenters. The number of aliphatic hydroxyl groups excluding tert-OH is 1. The highest BCUT2D eigenvalue weighted by Crippen LogP contribution is 2.30. The fourth-order valence-electron chi connectivity index (χ4n) is 2.60. The molecule has 0 bridgehead atoms. The van der Waals surface area contributed by atoms with E-state index in [4.69, 9.17) is 0 Å². The van der Waals surface area contributed by atoms with Crippen molar-refractivity contribution in [3.8, 4) is 10.4 Å². The second-order valence-electron chi connectivity index (χ2n) is 5.86. The maximum atomic E-state index is 12.5. The van der Waals surface area contributed by atoms with Gasteiger partial charge in [0.15, 0.2) is 0 Å². The second-order valence-corrected chi connectivity index (χ2v) is 6.78. The van der Waals surface area contributed by atoms with Crippen molar-refractivity contribution in [2.75, 3.05) is 25.0 Å². The number of aliphatic hydroxyl groups is 1. The fraction of sp³-hybridized carbons (Fsp3) is 0.421. The zero-order chi connectivity index (χ0) is 17.4. The van der Waals surface area contributed by atoms with Gasteiger partial charge in [-0.1, -0.05) is 31.9 Å². The van der Waals surface area contributed by atoms with Gasteiger partial charge in [0, 0.05) is 23.7 Å². The van der Waals surface area contributed by atoms with Crippen molar-refractivity contribution >= 4 is 23.1 Å². The van der Waals surface area contributed by atoms with Gasteiger partial charge in [0.1, 0.15) is 0 Å². The maximum Gasteiger partial charge on any atom is 0.321 e. The molecule has 4 nitrogen and oxygen atoms in total. The molecule has 0 aliphatic rings. The van der Waals surface area contributed by atoms with Crippen molar-refractivity contribution in [1.29, 1.82) is 0 Å². The van der Waals surface area contributed by atoms with Gasteiger partial charge in [-0.2, -0.15) is 0 Å². The summed E-state index contributed by atoms with van der Waals surface area (Å²) in [6, 6.07) is 9.86. The summed E-state index contributed by atoms with van der Waals surface area (Å²) in [6.07, 6.45) is 3.15. The van der Waals surface area contributed by atoms with Crippen molar-refractivity contribution in [3.63, 3.8) is 0 Å². The Bertz CT molecular complexity index is 654. The van der Waals surface area contributed by atoms with E-state index in [0.29, 0.717) is 13.1 Å². The van der Waals surface area contributed by atoms with E-state index in [2.05, 4.69) is 36.7 Å². The highest BCUT2D eigenvalue weighted by atomic mass is 32.1. The number of thiophene rings is 1. The molecule has 0 aliphatic carbocycles. The molecule has 0 saturated heterocycles. The Hall–Kier alpha value is -1.85. The summed E-state index contributed by atoms with van der Waals surface area (Å²) in [7, 11) is 0. The number of benzene rings is 1. The van der Waals surface area contributed by atoms with Crippen LogP contribution in [0.25, 0.3) is 10.4 Å². The highest BCUT2D eigenvalue weighted by Gasteiger charge is 2.13. The summed E-state index contributed by atoms with van der Waals surface area (Å²) in [6.45, 7) is 5.24. The molecule has 1 aromatic heterocycles. The highest BCUT2D eigenvalue weighted by molar-refractivity contribution is 7.13. The van der Waals surface area contributed by atoms with Crippen molar-refractivity contribution in [2.45, 2.75) is 33.1 Å². The predicted molar refractivity (Wildman–Crippen MR) is 102 cm³/mol. The van der Waals surface area contributed by atoms with Gasteiger partial charge in [-0.3, -0.25) is 0 Å². The molecule has 2 aromatic rings. The molecule has 24 heavy (non-hydrogen) atoms. The first-order chi connectivity index (χ1) is 11.7. The van der Waals surface area contributed by atoms with Crippen LogP contribution in [0.2, 0.25) is 0 Å². The number of unbranched alkanes of at least 4 members (excludes halogenated alkanes) is 2. The summed E-state index contributed by atoms with van der Waals surface area (Å²) in [4.78, 5) is 15.4. The fourth-order valence-corrected chi connectivity index (χ4v) is 3.52. The van der Waals surface area contributed by atoms with Crippen LogP contribution >= 0.6 is 11.3 Å². The number of carbonyl (C=O) groups is 1. The van der Waals surface area contributed by atoms with Crippen molar-refractivity contribution in [2.24, 2.45) is 0 Å². The molecule has 5 heteroatoms. The lowest BCUT2D eigenvalue weighted by Gasteiger charge is -2.22. The largest absolute Gasteiger partial charge is 0.395 e. The van der Waals surface area contributed by atoms with E-state index < -0.39 is 0 Å². The SMILES string of the molecule is CCCCCN(CCO)C(=O)Nc1cccc(-c2sccc2C)c1. The Labute approximate surface area is 148 Å². The maximum absolute atomic E-state index is 12.5. The number of aryl methyl sites for hydroxylation is 1. The normalized spacial score (nSPS) is 10.6. The van der Waals surface area contributed by atoms with E-state index in [1.54, 1.807) is 16.2 Å². The van der Waals surface area contributed by atoms with Crippen molar-refractivity contribution in [3.05, 3.63) is 41.3 Å². The van der Waals surface area contributed by atoms with Gasteiger partial charge in [-0.05, 0) is 48.1 Å². The number of nitrogens with one attached hydrogen (secondary N) is 1. The van der Waals surface area contributed by atoms with Crippen LogP contribution in [0.5, 0.6) is 0 Å². The first-order valence-corrected chi connectivity index (χ1v) is 9.35. The number of nitrogens with zero attached hydrogens (tertiary/aromatic N) is 1. The van der Waals surface area contributed by atoms with Crippen LogP contribution in [0, 0.1) is 6.92 Å². The van der Waals surface area contributed by atoms with E-state index in [9.17, 15) is 9.90 Å². The first kappa shape index (κ1) is 18.5. The summed E-state index contributed by atoms with van der Waals surface area (Å²) >= 11 is 1.70. The molecule has 0 radical (unpaired) electrons. The number of hydrogen-bond acceptors (Lipinski definition) is 3. The molecule has 1 heterocycles. The predicted octanol–water partition coefficient (Wildman–Crippen LogP) is 4.74. The van der Waals surface area contributed by atoms with Crippen molar-refractivity contribution < 1.29 is 9.90 Å². The monoisotopic (exact) mass is 346 g/mol. The van der Waals surface area contributed by atoms with E-state index in [-0.39, 0.29) is 12.6 Å². The second kappa shape index (κ2) is 9.45. The zero-order valence-corrected chi connectivity index (χ0v) is 15.2. The van der Waals surface area contributed by atoms with Gasteiger partial charge >= 0.3 is 6.03 Å². The van der Waals surface area contributed by atoms with E-state index in [0.717, 1.165) is 30.5 Å². The standard InChI is InChI=1S/C19H26N2O2S/c1-3-4-5-10-21(11-12-22)19(23)20-17-8-6-7-16(14-17)18-15(2)9-13-24-18/h6-9,13-14,22H,3-5,10-12H2,1-2H3,(H,20,23). The summed E-state index contributed by atoms with van der Waals surface area (Å²) < 4.78 is 0. The Kier molecular flexibility index (Phi) is 7.28. The number of anilines is 1. The molecule has 0 fully saturated rings. The molecule has 2 amide bonds. The van der Waals surface area contributed by atoms with Crippen molar-refractivity contribution in [1.82, 2.24) is 4.90 Å². The smallest absolute Gasteiger partial charge is 0.321 e. The molecular formula is C19H26N2O2S. The Morgan fingerprint density at radius 2 is 2.08 bits per heavy atom. The van der Waals surface area contributed by atoms with Crippen LogP contribution in [-0.2, 0) is 0 Å².